The number of amides is 1. The molecule has 7 heteroatoms. The number of nitrogens with zero attached hydrogens (tertiary/aromatic N) is 4. The minimum Gasteiger partial charge on any atom is -0.304 e. The lowest BCUT2D eigenvalue weighted by atomic mass is 10.1. The predicted octanol–water partition coefficient (Wildman–Crippen LogP) is 3.82. The molecular formula is C24H17N5O2. The van der Waals surface area contributed by atoms with Crippen molar-refractivity contribution in [2.45, 2.75) is 0 Å². The van der Waals surface area contributed by atoms with Gasteiger partial charge >= 0.3 is 0 Å². The lowest BCUT2D eigenvalue weighted by Crippen LogP contribution is -2.26. The zero-order valence-corrected chi connectivity index (χ0v) is 16.3. The molecule has 0 fully saturated rings. The molecule has 2 heterocycles. The smallest absolute Gasteiger partial charge is 0.279 e. The first-order valence-corrected chi connectivity index (χ1v) is 9.71. The zero-order valence-electron chi connectivity index (χ0n) is 16.3. The molecule has 5 aromatic rings. The monoisotopic (exact) mass is 407 g/mol. The number of carbonyl (C=O) groups excluding carboxylic acids is 1. The fourth-order valence-corrected chi connectivity index (χ4v) is 3.39. The van der Waals surface area contributed by atoms with Crippen LogP contribution in [0.1, 0.15) is 10.5 Å². The van der Waals surface area contributed by atoms with E-state index in [0.29, 0.717) is 22.3 Å². The second-order valence-electron chi connectivity index (χ2n) is 6.88. The van der Waals surface area contributed by atoms with Gasteiger partial charge in [0.2, 0.25) is 0 Å². The second kappa shape index (κ2) is 7.72. The largest absolute Gasteiger partial charge is 0.304 e. The molecular weight excluding hydrogens is 390 g/mol. The Kier molecular flexibility index (Phi) is 4.61. The molecule has 1 N–H and O–H groups in total. The maximum absolute atomic E-state index is 13.1. The third-order valence-electron chi connectivity index (χ3n) is 4.87. The highest BCUT2D eigenvalue weighted by atomic mass is 16.2. The minimum absolute atomic E-state index is 0.147. The summed E-state index contributed by atoms with van der Waals surface area (Å²) < 4.78 is 2.92. The third-order valence-corrected chi connectivity index (χ3v) is 4.87. The van der Waals surface area contributed by atoms with Crippen molar-refractivity contribution in [2.24, 2.45) is 0 Å². The lowest BCUT2D eigenvalue weighted by Gasteiger charge is -2.10. The van der Waals surface area contributed by atoms with Gasteiger partial charge in [0.05, 0.1) is 16.8 Å². The lowest BCUT2D eigenvalue weighted by molar-refractivity contribution is 0.102. The van der Waals surface area contributed by atoms with Gasteiger partial charge < -0.3 is 5.32 Å². The number of aromatic nitrogens is 4. The maximum Gasteiger partial charge on any atom is 0.279 e. The van der Waals surface area contributed by atoms with Crippen molar-refractivity contribution in [3.8, 4) is 11.4 Å². The fraction of sp³-hybridized carbons (Fsp3) is 0. The van der Waals surface area contributed by atoms with Gasteiger partial charge in [-0.15, -0.1) is 0 Å². The fourth-order valence-electron chi connectivity index (χ4n) is 3.39. The summed E-state index contributed by atoms with van der Waals surface area (Å²) in [5.41, 5.74) is 1.32. The van der Waals surface area contributed by atoms with E-state index in [1.165, 1.54) is 4.68 Å². The molecule has 0 spiro atoms. The van der Waals surface area contributed by atoms with E-state index < -0.39 is 5.91 Å². The Hall–Kier alpha value is -4.52. The van der Waals surface area contributed by atoms with Crippen LogP contribution in [0.3, 0.4) is 0 Å². The van der Waals surface area contributed by atoms with Gasteiger partial charge in [0.1, 0.15) is 0 Å². The second-order valence-corrected chi connectivity index (χ2v) is 6.88. The SMILES string of the molecule is O=C(Nc1ccn(-c2ccccc2)n1)c1nn(-c2ccccc2)c(=O)c2ccccc12. The number of anilines is 1. The summed E-state index contributed by atoms with van der Waals surface area (Å²) in [5, 5.41) is 12.5. The van der Waals surface area contributed by atoms with Crippen molar-refractivity contribution in [3.05, 3.63) is 113 Å². The van der Waals surface area contributed by atoms with Crippen LogP contribution in [0.25, 0.3) is 22.1 Å². The van der Waals surface area contributed by atoms with Crippen molar-refractivity contribution < 1.29 is 4.79 Å². The Morgan fingerprint density at radius 1 is 0.710 bits per heavy atom. The molecule has 3 aromatic carbocycles. The number of hydrogen-bond donors (Lipinski definition) is 1. The molecule has 0 unspecified atom stereocenters. The van der Waals surface area contributed by atoms with Gasteiger partial charge in [-0.25, -0.2) is 4.68 Å². The van der Waals surface area contributed by atoms with Crippen LogP contribution in [0.5, 0.6) is 0 Å². The van der Waals surface area contributed by atoms with Gasteiger partial charge in [-0.1, -0.05) is 54.6 Å². The van der Waals surface area contributed by atoms with Gasteiger partial charge in [-0.05, 0) is 30.3 Å². The summed E-state index contributed by atoms with van der Waals surface area (Å²) in [5.74, 6) is -0.0589. The molecule has 0 aliphatic carbocycles. The van der Waals surface area contributed by atoms with E-state index in [4.69, 9.17) is 0 Å². The van der Waals surface area contributed by atoms with Crippen molar-refractivity contribution in [1.82, 2.24) is 19.6 Å². The highest BCUT2D eigenvalue weighted by Gasteiger charge is 2.18. The Morgan fingerprint density at radius 3 is 2.03 bits per heavy atom. The molecule has 31 heavy (non-hydrogen) atoms. The summed E-state index contributed by atoms with van der Waals surface area (Å²) in [7, 11) is 0. The van der Waals surface area contributed by atoms with E-state index in [2.05, 4.69) is 15.5 Å². The average Bonchev–Trinajstić information content (AvgIpc) is 3.29. The normalized spacial score (nSPS) is 10.8. The number of nitrogens with one attached hydrogen (secondary N) is 1. The van der Waals surface area contributed by atoms with Crippen molar-refractivity contribution >= 4 is 22.5 Å². The zero-order chi connectivity index (χ0) is 21.2. The van der Waals surface area contributed by atoms with Crippen LogP contribution in [0.2, 0.25) is 0 Å². The first-order valence-electron chi connectivity index (χ1n) is 9.71. The molecule has 0 saturated carbocycles. The quantitative estimate of drug-likeness (QED) is 0.491. The summed E-state index contributed by atoms with van der Waals surface area (Å²) in [6, 6.07) is 27.3. The van der Waals surface area contributed by atoms with Crippen LogP contribution >= 0.6 is 0 Å². The van der Waals surface area contributed by atoms with E-state index in [1.54, 1.807) is 53.3 Å². The van der Waals surface area contributed by atoms with E-state index in [-0.39, 0.29) is 11.3 Å². The molecule has 0 saturated heterocycles. The summed E-state index contributed by atoms with van der Waals surface area (Å²) in [6.07, 6.45) is 1.77. The van der Waals surface area contributed by atoms with Crippen LogP contribution in [-0.4, -0.2) is 25.5 Å². The van der Waals surface area contributed by atoms with Crippen LogP contribution in [0, 0.1) is 0 Å². The summed E-state index contributed by atoms with van der Waals surface area (Å²) in [6.45, 7) is 0. The van der Waals surface area contributed by atoms with Gasteiger partial charge in [0.15, 0.2) is 11.5 Å². The highest BCUT2D eigenvalue weighted by Crippen LogP contribution is 2.17. The molecule has 2 aromatic heterocycles. The first-order chi connectivity index (χ1) is 15.2. The van der Waals surface area contributed by atoms with E-state index in [1.807, 2.05) is 48.5 Å². The summed E-state index contributed by atoms with van der Waals surface area (Å²) in [4.78, 5) is 26.1. The van der Waals surface area contributed by atoms with Crippen LogP contribution in [0.4, 0.5) is 5.82 Å². The molecule has 150 valence electrons. The first kappa shape index (κ1) is 18.5. The Labute approximate surface area is 177 Å². The molecule has 7 nitrogen and oxygen atoms in total. The van der Waals surface area contributed by atoms with Crippen LogP contribution < -0.4 is 10.9 Å². The standard InChI is InChI=1S/C24H17N5O2/c30-23(25-21-15-16-28(26-21)17-9-3-1-4-10-17)22-19-13-7-8-14-20(19)24(31)29(27-22)18-11-5-2-6-12-18/h1-16H,(H,25,26,30). The van der Waals surface area contributed by atoms with Crippen molar-refractivity contribution in [3.63, 3.8) is 0 Å². The van der Waals surface area contributed by atoms with Gasteiger partial charge in [0, 0.05) is 17.6 Å². The Bertz CT molecular complexity index is 1440. The molecule has 0 radical (unpaired) electrons. The predicted molar refractivity (Wildman–Crippen MR) is 119 cm³/mol. The van der Waals surface area contributed by atoms with Crippen molar-refractivity contribution in [2.75, 3.05) is 5.32 Å². The van der Waals surface area contributed by atoms with E-state index in [9.17, 15) is 9.59 Å². The number of rotatable bonds is 4. The third kappa shape index (κ3) is 3.49. The number of benzene rings is 3. The topological polar surface area (TPSA) is 81.8 Å². The molecule has 5 rings (SSSR count). The number of carbonyl (C=O) groups is 1. The summed E-state index contributed by atoms with van der Waals surface area (Å²) >= 11 is 0. The minimum atomic E-state index is -0.445. The average molecular weight is 407 g/mol. The Morgan fingerprint density at radius 2 is 1.32 bits per heavy atom. The molecule has 0 aliphatic rings. The number of para-hydroxylation sites is 2. The number of fused-ring (bicyclic) bond motifs is 1. The van der Waals surface area contributed by atoms with Gasteiger partial charge in [-0.3, -0.25) is 9.59 Å². The molecule has 0 atom stereocenters. The van der Waals surface area contributed by atoms with Crippen LogP contribution in [0.15, 0.2) is 102 Å². The molecule has 0 aliphatic heterocycles. The van der Waals surface area contributed by atoms with E-state index in [0.717, 1.165) is 5.69 Å². The maximum atomic E-state index is 13.1. The highest BCUT2D eigenvalue weighted by molar-refractivity contribution is 6.10. The van der Waals surface area contributed by atoms with E-state index >= 15 is 0 Å². The van der Waals surface area contributed by atoms with Gasteiger partial charge in [-0.2, -0.15) is 14.9 Å². The number of hydrogen-bond acceptors (Lipinski definition) is 4. The molecule has 1 amide bonds. The van der Waals surface area contributed by atoms with Crippen LogP contribution in [-0.2, 0) is 0 Å². The van der Waals surface area contributed by atoms with Crippen molar-refractivity contribution in [1.29, 1.82) is 0 Å². The Balaban J connectivity index is 1.55. The van der Waals surface area contributed by atoms with Gasteiger partial charge in [0.25, 0.3) is 11.5 Å². The molecule has 0 bridgehead atoms.